The first-order valence-corrected chi connectivity index (χ1v) is 6.61. The lowest BCUT2D eigenvalue weighted by Gasteiger charge is -2.29. The number of hydrogen-bond acceptors (Lipinski definition) is 2. The maximum atomic E-state index is 12.4. The molecule has 0 aromatic carbocycles. The predicted molar refractivity (Wildman–Crippen MR) is 64.9 cm³/mol. The van der Waals surface area contributed by atoms with Crippen LogP contribution in [0, 0.1) is 5.92 Å². The number of rotatable bonds is 1. The number of piperidine rings is 1. The van der Waals surface area contributed by atoms with Gasteiger partial charge < -0.3 is 4.90 Å². The Bertz CT molecular complexity index is 430. The summed E-state index contributed by atoms with van der Waals surface area (Å²) in [4.78, 5) is 14.3. The highest BCUT2D eigenvalue weighted by Gasteiger charge is 2.28. The van der Waals surface area contributed by atoms with Crippen LogP contribution in [0.3, 0.4) is 0 Å². The van der Waals surface area contributed by atoms with Crippen LogP contribution in [0.5, 0.6) is 0 Å². The number of aryl methyl sites for hydroxylation is 1. The lowest BCUT2D eigenvalue weighted by molar-refractivity contribution is 0.0690. The summed E-state index contributed by atoms with van der Waals surface area (Å²) in [5, 5.41) is 7.23. The molecule has 1 aromatic rings. The Morgan fingerprint density at radius 3 is 2.88 bits per heavy atom. The number of amides is 1. The van der Waals surface area contributed by atoms with E-state index in [9.17, 15) is 4.79 Å². The third-order valence-electron chi connectivity index (χ3n) is 4.08. The number of H-pyrrole nitrogens is 1. The van der Waals surface area contributed by atoms with E-state index in [-0.39, 0.29) is 5.91 Å². The molecule has 1 N–H and O–H groups in total. The van der Waals surface area contributed by atoms with Crippen LogP contribution in [0.1, 0.15) is 47.9 Å². The molecule has 0 radical (unpaired) electrons. The van der Waals surface area contributed by atoms with Gasteiger partial charge in [0.2, 0.25) is 0 Å². The molecule has 1 aliphatic heterocycles. The van der Waals surface area contributed by atoms with Gasteiger partial charge in [-0.1, -0.05) is 6.92 Å². The van der Waals surface area contributed by atoms with Crippen molar-refractivity contribution in [2.24, 2.45) is 5.92 Å². The Morgan fingerprint density at radius 1 is 1.35 bits per heavy atom. The summed E-state index contributed by atoms with van der Waals surface area (Å²) in [6.07, 6.45) is 5.46. The fourth-order valence-corrected chi connectivity index (χ4v) is 2.86. The largest absolute Gasteiger partial charge is 0.337 e. The molecule has 1 aliphatic carbocycles. The van der Waals surface area contributed by atoms with Gasteiger partial charge in [0.1, 0.15) is 0 Å². The Kier molecular flexibility index (Phi) is 2.65. The number of nitrogens with one attached hydrogen (secondary N) is 1. The lowest BCUT2D eigenvalue weighted by Crippen LogP contribution is -2.38. The fourth-order valence-electron chi connectivity index (χ4n) is 2.86. The third kappa shape index (κ3) is 1.85. The highest BCUT2D eigenvalue weighted by atomic mass is 16.2. The smallest absolute Gasteiger partial charge is 0.274 e. The number of hydrogen-bond donors (Lipinski definition) is 1. The van der Waals surface area contributed by atoms with Crippen LogP contribution in [0.2, 0.25) is 0 Å². The second kappa shape index (κ2) is 4.17. The maximum absolute atomic E-state index is 12.4. The van der Waals surface area contributed by atoms with Gasteiger partial charge in [0.05, 0.1) is 0 Å². The van der Waals surface area contributed by atoms with Crippen LogP contribution in [-0.2, 0) is 12.8 Å². The standard InChI is InChI=1S/C13H19N3O/c1-9-5-7-16(8-6-9)13(17)12-10-3-2-4-11(10)14-15-12/h9H,2-8H2,1H3,(H,14,15). The summed E-state index contributed by atoms with van der Waals surface area (Å²) >= 11 is 0. The first-order valence-electron chi connectivity index (χ1n) is 6.61. The number of carbonyl (C=O) groups excluding carboxylic acids is 1. The van der Waals surface area contributed by atoms with E-state index in [0.717, 1.165) is 51.1 Å². The monoisotopic (exact) mass is 233 g/mol. The first kappa shape index (κ1) is 10.8. The van der Waals surface area contributed by atoms with E-state index in [1.165, 1.54) is 11.3 Å². The molecule has 0 saturated carbocycles. The summed E-state index contributed by atoms with van der Waals surface area (Å²) < 4.78 is 0. The summed E-state index contributed by atoms with van der Waals surface area (Å²) in [6, 6.07) is 0. The fraction of sp³-hybridized carbons (Fsp3) is 0.692. The highest BCUT2D eigenvalue weighted by molar-refractivity contribution is 5.94. The number of fused-ring (bicyclic) bond motifs is 1. The number of likely N-dealkylation sites (tertiary alicyclic amines) is 1. The zero-order valence-corrected chi connectivity index (χ0v) is 10.3. The van der Waals surface area contributed by atoms with Gasteiger partial charge in [-0.25, -0.2) is 0 Å². The second-order valence-corrected chi connectivity index (χ2v) is 5.36. The zero-order chi connectivity index (χ0) is 11.8. The van der Waals surface area contributed by atoms with E-state index in [1.54, 1.807) is 0 Å². The van der Waals surface area contributed by atoms with Crippen LogP contribution >= 0.6 is 0 Å². The van der Waals surface area contributed by atoms with Gasteiger partial charge >= 0.3 is 0 Å². The Hall–Kier alpha value is -1.32. The Balaban J connectivity index is 1.77. The minimum absolute atomic E-state index is 0.135. The van der Waals surface area contributed by atoms with Crippen LogP contribution in [-0.4, -0.2) is 34.1 Å². The van der Waals surface area contributed by atoms with Gasteiger partial charge in [0.25, 0.3) is 5.91 Å². The van der Waals surface area contributed by atoms with Gasteiger partial charge in [-0.2, -0.15) is 5.10 Å². The van der Waals surface area contributed by atoms with E-state index >= 15 is 0 Å². The van der Waals surface area contributed by atoms with Crippen molar-refractivity contribution in [3.05, 3.63) is 17.0 Å². The minimum Gasteiger partial charge on any atom is -0.337 e. The minimum atomic E-state index is 0.135. The lowest BCUT2D eigenvalue weighted by atomic mass is 9.99. The molecule has 0 bridgehead atoms. The predicted octanol–water partition coefficient (Wildman–Crippen LogP) is 1.77. The second-order valence-electron chi connectivity index (χ2n) is 5.36. The van der Waals surface area contributed by atoms with Gasteiger partial charge in [-0.3, -0.25) is 9.89 Å². The van der Waals surface area contributed by atoms with Crippen molar-refractivity contribution in [1.29, 1.82) is 0 Å². The Labute approximate surface area is 101 Å². The van der Waals surface area contributed by atoms with Crippen LogP contribution in [0.15, 0.2) is 0 Å². The molecule has 92 valence electrons. The van der Waals surface area contributed by atoms with E-state index in [4.69, 9.17) is 0 Å². The molecule has 0 spiro atoms. The van der Waals surface area contributed by atoms with E-state index in [1.807, 2.05) is 4.90 Å². The van der Waals surface area contributed by atoms with Crippen molar-refractivity contribution in [2.75, 3.05) is 13.1 Å². The van der Waals surface area contributed by atoms with Gasteiger partial charge in [-0.05, 0) is 38.0 Å². The Morgan fingerprint density at radius 2 is 2.12 bits per heavy atom. The number of carbonyl (C=O) groups is 1. The van der Waals surface area contributed by atoms with Crippen molar-refractivity contribution in [1.82, 2.24) is 15.1 Å². The zero-order valence-electron chi connectivity index (χ0n) is 10.3. The van der Waals surface area contributed by atoms with Crippen molar-refractivity contribution in [3.63, 3.8) is 0 Å². The summed E-state index contributed by atoms with van der Waals surface area (Å²) in [6.45, 7) is 4.04. The van der Waals surface area contributed by atoms with Gasteiger partial charge in [0, 0.05) is 24.3 Å². The molecular weight excluding hydrogens is 214 g/mol. The van der Waals surface area contributed by atoms with E-state index in [2.05, 4.69) is 17.1 Å². The van der Waals surface area contributed by atoms with E-state index in [0.29, 0.717) is 5.69 Å². The van der Waals surface area contributed by atoms with Crippen molar-refractivity contribution in [3.8, 4) is 0 Å². The van der Waals surface area contributed by atoms with Crippen molar-refractivity contribution < 1.29 is 4.79 Å². The average molecular weight is 233 g/mol. The van der Waals surface area contributed by atoms with Crippen LogP contribution in [0.4, 0.5) is 0 Å². The van der Waals surface area contributed by atoms with Crippen LogP contribution < -0.4 is 0 Å². The molecule has 3 rings (SSSR count). The average Bonchev–Trinajstić information content (AvgIpc) is 2.90. The molecule has 2 aliphatic rings. The quantitative estimate of drug-likeness (QED) is 0.803. The number of nitrogens with zero attached hydrogens (tertiary/aromatic N) is 2. The third-order valence-corrected chi connectivity index (χ3v) is 4.08. The summed E-state index contributed by atoms with van der Waals surface area (Å²) in [5.74, 6) is 0.889. The molecule has 1 fully saturated rings. The topological polar surface area (TPSA) is 49.0 Å². The molecule has 4 heteroatoms. The van der Waals surface area contributed by atoms with Crippen LogP contribution in [0.25, 0.3) is 0 Å². The molecule has 1 aromatic heterocycles. The summed E-state index contributed by atoms with van der Waals surface area (Å²) in [7, 11) is 0. The maximum Gasteiger partial charge on any atom is 0.274 e. The van der Waals surface area contributed by atoms with Gasteiger partial charge in [-0.15, -0.1) is 0 Å². The molecule has 2 heterocycles. The normalized spacial score (nSPS) is 20.6. The first-order chi connectivity index (χ1) is 8.25. The molecule has 0 unspecified atom stereocenters. The molecule has 4 nitrogen and oxygen atoms in total. The molecule has 1 amide bonds. The molecule has 0 atom stereocenters. The molecule has 17 heavy (non-hydrogen) atoms. The number of aromatic nitrogens is 2. The SMILES string of the molecule is CC1CCN(C(=O)c2n[nH]c3c2CCC3)CC1. The van der Waals surface area contributed by atoms with Crippen molar-refractivity contribution >= 4 is 5.91 Å². The van der Waals surface area contributed by atoms with Gasteiger partial charge in [0.15, 0.2) is 5.69 Å². The van der Waals surface area contributed by atoms with E-state index < -0.39 is 0 Å². The van der Waals surface area contributed by atoms with Crippen molar-refractivity contribution in [2.45, 2.75) is 39.0 Å². The highest BCUT2D eigenvalue weighted by Crippen LogP contribution is 2.25. The molecule has 1 saturated heterocycles. The number of aromatic amines is 1. The molecular formula is C13H19N3O. The summed E-state index contributed by atoms with van der Waals surface area (Å²) in [5.41, 5.74) is 3.04.